The van der Waals surface area contributed by atoms with E-state index in [4.69, 9.17) is 29.9 Å². The normalized spacial score (nSPS) is 15.5. The number of unbranched alkanes of at least 4 members (excludes halogenated alkanes) is 26. The van der Waals surface area contributed by atoms with E-state index in [0.29, 0.717) is 0 Å². The van der Waals surface area contributed by atoms with Crippen LogP contribution in [0, 0.1) is 0 Å². The number of hydrogen-bond donors (Lipinski definition) is 0. The fourth-order valence-corrected chi connectivity index (χ4v) is 49.8. The minimum absolute atomic E-state index is 0.115. The Morgan fingerprint density at radius 1 is 0.274 bits per heavy atom. The second-order valence-electron chi connectivity index (χ2n) is 28.0. The molecule has 0 amide bonds. The van der Waals surface area contributed by atoms with Crippen LogP contribution in [-0.4, -0.2) is 57.4 Å². The van der Waals surface area contributed by atoms with Crippen LogP contribution >= 0.6 is 0 Å². The summed E-state index contributed by atoms with van der Waals surface area (Å²) in [5.41, 5.74) is 16.4. The van der Waals surface area contributed by atoms with Crippen molar-refractivity contribution in [3.63, 3.8) is 0 Å². The van der Waals surface area contributed by atoms with Gasteiger partial charge in [0.25, 0.3) is 0 Å². The molecular formula is C76H126N4O2Sn2. The van der Waals surface area contributed by atoms with E-state index >= 15 is 0 Å². The third-order valence-electron chi connectivity index (χ3n) is 21.9. The standard InChI is InChI=1S/C52H72N4O2.6C4H9.2Sn/c1-5-9-13-17-18-19-20-21-22-23-24-28-36-52(35-27-16-12-8-4)42-30-32-46-50(56-58-54-46)48(42)40-37-43-39(38-44(40)52)47-41(29-31-45-49(47)55-57-53-45)51(43,33-25-14-10-6-2)34-26-15-11-7-3;6*1-3-4-2;;/h29-30,37-38H,5-28,33-36H2,1-4H3;6*1,3-4H2,2H3;;. The maximum atomic E-state index is 6.23. The maximum absolute atomic E-state index is 6.23. The van der Waals surface area contributed by atoms with Crippen LogP contribution in [0.4, 0.5) is 0 Å². The first kappa shape index (κ1) is 69.5. The first-order valence-corrected chi connectivity index (χ1v) is 52.0. The van der Waals surface area contributed by atoms with Gasteiger partial charge in [0.05, 0.1) is 0 Å². The van der Waals surface area contributed by atoms with Crippen molar-refractivity contribution in [3.05, 3.63) is 46.5 Å². The summed E-state index contributed by atoms with van der Waals surface area (Å²) in [4.78, 5) is 0. The van der Waals surface area contributed by atoms with Gasteiger partial charge in [-0.2, -0.15) is 0 Å². The van der Waals surface area contributed by atoms with Crippen LogP contribution in [0.5, 0.6) is 0 Å². The summed E-state index contributed by atoms with van der Waals surface area (Å²) in [7, 11) is 0. The van der Waals surface area contributed by atoms with Crippen LogP contribution in [0.3, 0.4) is 0 Å². The van der Waals surface area contributed by atoms with Crippen LogP contribution in [-0.2, 0) is 10.8 Å². The molecule has 0 spiro atoms. The predicted octanol–water partition coefficient (Wildman–Crippen LogP) is 24.4. The molecule has 0 saturated heterocycles. The Labute approximate surface area is 524 Å². The van der Waals surface area contributed by atoms with Crippen molar-refractivity contribution in [2.24, 2.45) is 0 Å². The zero-order valence-electron chi connectivity index (χ0n) is 56.4. The van der Waals surface area contributed by atoms with Crippen molar-refractivity contribution < 1.29 is 9.26 Å². The molecule has 0 radical (unpaired) electrons. The Balaban J connectivity index is 1.53. The van der Waals surface area contributed by atoms with Crippen LogP contribution in [0.15, 0.2) is 33.5 Å². The average Bonchev–Trinajstić information content (AvgIpc) is 1.53. The van der Waals surface area contributed by atoms with E-state index in [0.717, 1.165) is 22.1 Å². The summed E-state index contributed by atoms with van der Waals surface area (Å²) in [5.74, 6) is 0. The second kappa shape index (κ2) is 36.0. The first-order valence-electron chi connectivity index (χ1n) is 37.0. The molecule has 8 heteroatoms. The number of fused-ring (bicyclic) bond motifs is 10. The molecule has 6 nitrogen and oxygen atoms in total. The Morgan fingerprint density at radius 3 is 0.786 bits per heavy atom. The zero-order valence-corrected chi connectivity index (χ0v) is 62.1. The predicted molar refractivity (Wildman–Crippen MR) is 371 cm³/mol. The Bertz CT molecular complexity index is 2630. The summed E-state index contributed by atoms with van der Waals surface area (Å²) in [6.45, 7) is 24.1. The number of hydrogen-bond acceptors (Lipinski definition) is 6. The van der Waals surface area contributed by atoms with E-state index in [-0.39, 0.29) is 10.8 Å². The van der Waals surface area contributed by atoms with Crippen LogP contribution in [0.1, 0.15) is 348 Å². The molecule has 7 rings (SSSR count). The SMILES string of the molecule is CCCCCCCCCCCCCCC1(CCCCCC)c2cc3c(cc2-c2c1c[c]([Sn]([CH2]CCC)([CH2]CCC)[CH2]CCC)c1nonc21)C(CCCCCC)(CCCCCC)c1c[c]([Sn]([CH2]CCC)([CH2]CCC)[CH2]CCC)c2nonc2c1-3. The van der Waals surface area contributed by atoms with E-state index in [1.165, 1.54) is 306 Å². The summed E-state index contributed by atoms with van der Waals surface area (Å²) in [6, 6.07) is 11.5. The minimum atomic E-state index is -3.15. The molecule has 0 bridgehead atoms. The number of nitrogens with zero attached hydrogens (tertiary/aromatic N) is 4. The number of rotatable bonds is 48. The van der Waals surface area contributed by atoms with Gasteiger partial charge in [-0.3, -0.25) is 0 Å². The molecule has 0 fully saturated rings. The van der Waals surface area contributed by atoms with Crippen molar-refractivity contribution in [2.75, 3.05) is 0 Å². The van der Waals surface area contributed by atoms with Gasteiger partial charge in [0.2, 0.25) is 0 Å². The van der Waals surface area contributed by atoms with E-state index in [9.17, 15) is 0 Å². The molecule has 5 aromatic rings. The average molecular weight is 1370 g/mol. The van der Waals surface area contributed by atoms with Gasteiger partial charge in [-0.05, 0) is 0 Å². The Morgan fingerprint density at radius 2 is 0.512 bits per heavy atom. The number of aromatic nitrogens is 4. The molecule has 2 heterocycles. The van der Waals surface area contributed by atoms with Gasteiger partial charge in [0, 0.05) is 0 Å². The van der Waals surface area contributed by atoms with Crippen molar-refractivity contribution in [1.29, 1.82) is 0 Å². The molecule has 1 unspecified atom stereocenters. The molecule has 3 aromatic carbocycles. The molecule has 84 heavy (non-hydrogen) atoms. The zero-order chi connectivity index (χ0) is 59.7. The summed E-state index contributed by atoms with van der Waals surface area (Å²) < 4.78 is 24.2. The molecule has 2 aliphatic rings. The second-order valence-corrected chi connectivity index (χ2v) is 54.2. The summed E-state index contributed by atoms with van der Waals surface area (Å²) in [5, 5.41) is 20.7. The Hall–Kier alpha value is -1.94. The quantitative estimate of drug-likeness (QED) is 0.0285. The van der Waals surface area contributed by atoms with Gasteiger partial charge in [0.1, 0.15) is 0 Å². The van der Waals surface area contributed by atoms with Gasteiger partial charge in [-0.15, -0.1) is 0 Å². The van der Waals surface area contributed by atoms with Gasteiger partial charge in [0.15, 0.2) is 0 Å². The van der Waals surface area contributed by atoms with E-state index in [1.807, 2.05) is 0 Å². The molecule has 470 valence electrons. The van der Waals surface area contributed by atoms with Crippen LogP contribution in [0.2, 0.25) is 26.6 Å². The third-order valence-corrected chi connectivity index (χ3v) is 53.0. The van der Waals surface area contributed by atoms with E-state index < -0.39 is 36.8 Å². The number of benzene rings is 3. The van der Waals surface area contributed by atoms with E-state index in [2.05, 4.69) is 93.5 Å². The molecule has 2 aliphatic carbocycles. The monoisotopic (exact) mass is 1370 g/mol. The Kier molecular flexibility index (Phi) is 29.8. The van der Waals surface area contributed by atoms with Crippen molar-refractivity contribution >= 4 is 66.0 Å². The third kappa shape index (κ3) is 16.1. The van der Waals surface area contributed by atoms with Crippen LogP contribution in [0.25, 0.3) is 44.3 Å². The molecule has 0 aliphatic heterocycles. The fraction of sp³-hybridized carbons (Fsp3) is 0.763. The van der Waals surface area contributed by atoms with Gasteiger partial charge >= 0.3 is 489 Å². The van der Waals surface area contributed by atoms with Crippen molar-refractivity contribution in [2.45, 2.75) is 364 Å². The van der Waals surface area contributed by atoms with Crippen LogP contribution < -0.4 is 7.16 Å². The molecule has 1 atom stereocenters. The van der Waals surface area contributed by atoms with Crippen molar-refractivity contribution in [3.8, 4) is 22.3 Å². The molecule has 0 saturated carbocycles. The van der Waals surface area contributed by atoms with E-state index in [1.54, 1.807) is 29.4 Å². The summed E-state index contributed by atoms with van der Waals surface area (Å²) >= 11 is -6.28. The molecule has 2 aromatic heterocycles. The van der Waals surface area contributed by atoms with Crippen molar-refractivity contribution in [1.82, 2.24) is 20.6 Å². The first-order chi connectivity index (χ1) is 41.2. The van der Waals surface area contributed by atoms with Gasteiger partial charge in [-0.1, -0.05) is 39.0 Å². The topological polar surface area (TPSA) is 77.8 Å². The molecule has 0 N–H and O–H groups in total. The fourth-order valence-electron chi connectivity index (χ4n) is 16.9. The molecular weight excluding hydrogens is 1240 g/mol. The van der Waals surface area contributed by atoms with Gasteiger partial charge < -0.3 is 0 Å². The van der Waals surface area contributed by atoms with Gasteiger partial charge in [-0.25, -0.2) is 0 Å². The summed E-state index contributed by atoms with van der Waals surface area (Å²) in [6.07, 6.45) is 52.0.